The van der Waals surface area contributed by atoms with Gasteiger partial charge < -0.3 is 10.2 Å². The Balaban J connectivity index is 1.84. The average molecular weight is 282 g/mol. The van der Waals surface area contributed by atoms with Crippen molar-refractivity contribution in [2.24, 2.45) is 0 Å². The third-order valence-electron chi connectivity index (χ3n) is 3.50. The number of nitrogens with zero attached hydrogens (tertiary/aromatic N) is 1. The van der Waals surface area contributed by atoms with Gasteiger partial charge in [0.15, 0.2) is 0 Å². The van der Waals surface area contributed by atoms with E-state index in [0.29, 0.717) is 0 Å². The van der Waals surface area contributed by atoms with Crippen LogP contribution in [0.3, 0.4) is 0 Å². The summed E-state index contributed by atoms with van der Waals surface area (Å²) in [6.07, 6.45) is 6.82. The van der Waals surface area contributed by atoms with Gasteiger partial charge in [0, 0.05) is 25.3 Å². The Bertz CT molecular complexity index is 392. The minimum absolute atomic E-state index is 0.101. The predicted molar refractivity (Wildman–Crippen MR) is 84.0 cm³/mol. The third-order valence-corrected chi connectivity index (χ3v) is 4.20. The maximum Gasteiger partial charge on any atom is 0.148 e. The lowest BCUT2D eigenvalue weighted by Gasteiger charge is -2.19. The van der Waals surface area contributed by atoms with Crippen molar-refractivity contribution in [2.45, 2.75) is 25.7 Å². The Morgan fingerprint density at radius 2 is 2.05 bits per heavy atom. The van der Waals surface area contributed by atoms with Gasteiger partial charge in [-0.25, -0.2) is 4.39 Å². The van der Waals surface area contributed by atoms with Crippen LogP contribution in [0.1, 0.15) is 25.7 Å². The number of hydrogen-bond acceptors (Lipinski definition) is 3. The molecule has 2 rings (SSSR count). The molecule has 1 aromatic carbocycles. The molecule has 0 spiro atoms. The summed E-state index contributed by atoms with van der Waals surface area (Å²) in [4.78, 5) is 2.14. The van der Waals surface area contributed by atoms with Crippen LogP contribution in [-0.4, -0.2) is 31.6 Å². The van der Waals surface area contributed by atoms with Crippen LogP contribution < -0.4 is 10.2 Å². The van der Waals surface area contributed by atoms with Crippen LogP contribution in [0, 0.1) is 5.82 Å². The number of halogens is 1. The first-order chi connectivity index (χ1) is 9.31. The Morgan fingerprint density at radius 3 is 2.74 bits per heavy atom. The molecule has 0 atom stereocenters. The normalized spacial score (nSPS) is 14.9. The Morgan fingerprint density at radius 1 is 1.26 bits per heavy atom. The molecule has 2 nitrogen and oxygen atoms in total. The van der Waals surface area contributed by atoms with E-state index < -0.39 is 0 Å². The lowest BCUT2D eigenvalue weighted by atomic mass is 10.2. The largest absolute Gasteiger partial charge is 0.385 e. The maximum atomic E-state index is 14.0. The molecular weight excluding hydrogens is 259 g/mol. The zero-order valence-corrected chi connectivity index (χ0v) is 12.4. The van der Waals surface area contributed by atoms with Crippen LogP contribution in [-0.2, 0) is 0 Å². The fraction of sp³-hybridized carbons (Fsp3) is 0.600. The van der Waals surface area contributed by atoms with E-state index in [4.69, 9.17) is 0 Å². The molecule has 0 amide bonds. The molecule has 0 aliphatic carbocycles. The van der Waals surface area contributed by atoms with Crippen molar-refractivity contribution in [2.75, 3.05) is 41.9 Å². The molecule has 1 N–H and O–H groups in total. The van der Waals surface area contributed by atoms with E-state index in [1.807, 2.05) is 23.9 Å². The predicted octanol–water partition coefficient (Wildman–Crippen LogP) is 3.98. The van der Waals surface area contributed by atoms with Crippen molar-refractivity contribution in [1.29, 1.82) is 0 Å². The Kier molecular flexibility index (Phi) is 5.83. The van der Waals surface area contributed by atoms with Crippen LogP contribution in [0.2, 0.25) is 0 Å². The van der Waals surface area contributed by atoms with Crippen LogP contribution in [0.4, 0.5) is 15.8 Å². The first-order valence-electron chi connectivity index (χ1n) is 7.08. The fourth-order valence-corrected chi connectivity index (χ4v) is 2.93. The second kappa shape index (κ2) is 7.63. The van der Waals surface area contributed by atoms with E-state index in [0.717, 1.165) is 37.4 Å². The molecule has 1 saturated heterocycles. The highest BCUT2D eigenvalue weighted by Crippen LogP contribution is 2.26. The lowest BCUT2D eigenvalue weighted by Crippen LogP contribution is -2.19. The van der Waals surface area contributed by atoms with Gasteiger partial charge in [0.05, 0.1) is 5.69 Å². The summed E-state index contributed by atoms with van der Waals surface area (Å²) in [6.45, 7) is 2.89. The van der Waals surface area contributed by atoms with Gasteiger partial charge in [-0.2, -0.15) is 11.8 Å². The molecule has 19 heavy (non-hydrogen) atoms. The summed E-state index contributed by atoms with van der Waals surface area (Å²) in [5.41, 5.74) is 1.65. The highest BCUT2D eigenvalue weighted by molar-refractivity contribution is 7.98. The molecule has 4 heteroatoms. The average Bonchev–Trinajstić information content (AvgIpc) is 2.92. The van der Waals surface area contributed by atoms with E-state index >= 15 is 0 Å². The van der Waals surface area contributed by atoms with Gasteiger partial charge >= 0.3 is 0 Å². The summed E-state index contributed by atoms with van der Waals surface area (Å²) >= 11 is 1.87. The smallest absolute Gasteiger partial charge is 0.148 e. The van der Waals surface area contributed by atoms with E-state index in [1.165, 1.54) is 25.0 Å². The highest BCUT2D eigenvalue weighted by Gasteiger charge is 2.15. The van der Waals surface area contributed by atoms with Crippen molar-refractivity contribution in [3.63, 3.8) is 0 Å². The zero-order chi connectivity index (χ0) is 13.5. The first kappa shape index (κ1) is 14.5. The van der Waals surface area contributed by atoms with Gasteiger partial charge in [-0.1, -0.05) is 0 Å². The van der Waals surface area contributed by atoms with Crippen LogP contribution in [0.15, 0.2) is 18.2 Å². The minimum atomic E-state index is -0.101. The summed E-state index contributed by atoms with van der Waals surface area (Å²) in [7, 11) is 0. The number of unbranched alkanes of at least 4 members (excludes halogenated alkanes) is 1. The first-order valence-corrected chi connectivity index (χ1v) is 8.48. The second-order valence-corrected chi connectivity index (χ2v) is 5.97. The highest BCUT2D eigenvalue weighted by atomic mass is 32.2. The van der Waals surface area contributed by atoms with Crippen molar-refractivity contribution in [1.82, 2.24) is 0 Å². The van der Waals surface area contributed by atoms with Crippen molar-refractivity contribution in [3.05, 3.63) is 24.0 Å². The molecule has 1 heterocycles. The van der Waals surface area contributed by atoms with Gasteiger partial charge in [0.25, 0.3) is 0 Å². The molecule has 1 aromatic rings. The minimum Gasteiger partial charge on any atom is -0.385 e. The topological polar surface area (TPSA) is 15.3 Å². The number of hydrogen-bond donors (Lipinski definition) is 1. The molecule has 1 aliphatic rings. The molecule has 0 radical (unpaired) electrons. The quantitative estimate of drug-likeness (QED) is 0.762. The summed E-state index contributed by atoms with van der Waals surface area (Å²) < 4.78 is 14.0. The Hall–Kier alpha value is -0.900. The molecule has 106 valence electrons. The summed E-state index contributed by atoms with van der Waals surface area (Å²) in [6, 6.07) is 5.53. The number of nitrogens with one attached hydrogen (secondary N) is 1. The van der Waals surface area contributed by atoms with E-state index in [1.54, 1.807) is 6.07 Å². The molecule has 1 aliphatic heterocycles. The van der Waals surface area contributed by atoms with Gasteiger partial charge in [-0.05, 0) is 55.9 Å². The summed E-state index contributed by atoms with van der Waals surface area (Å²) in [5.74, 6) is 1.10. The molecule has 1 fully saturated rings. The van der Waals surface area contributed by atoms with Gasteiger partial charge in [-0.15, -0.1) is 0 Å². The number of benzene rings is 1. The molecule has 0 aromatic heterocycles. The lowest BCUT2D eigenvalue weighted by molar-refractivity contribution is 0.623. The number of rotatable bonds is 7. The van der Waals surface area contributed by atoms with Gasteiger partial charge in [0.1, 0.15) is 5.82 Å². The molecular formula is C15H23FN2S. The summed E-state index contributed by atoms with van der Waals surface area (Å²) in [5, 5.41) is 3.29. The van der Waals surface area contributed by atoms with Crippen LogP contribution in [0.25, 0.3) is 0 Å². The zero-order valence-electron chi connectivity index (χ0n) is 11.6. The van der Waals surface area contributed by atoms with Crippen molar-refractivity contribution >= 4 is 23.1 Å². The van der Waals surface area contributed by atoms with Crippen LogP contribution in [0.5, 0.6) is 0 Å². The molecule has 0 unspecified atom stereocenters. The SMILES string of the molecule is CSCCCCNc1ccc(N2CCCC2)c(F)c1. The van der Waals surface area contributed by atoms with Crippen molar-refractivity contribution < 1.29 is 4.39 Å². The third kappa shape index (κ3) is 4.30. The van der Waals surface area contributed by atoms with Crippen LogP contribution >= 0.6 is 11.8 Å². The van der Waals surface area contributed by atoms with Gasteiger partial charge in [-0.3, -0.25) is 0 Å². The number of anilines is 2. The molecule has 0 bridgehead atoms. The standard InChI is InChI=1S/C15H23FN2S/c1-19-11-5-2-8-17-13-6-7-15(14(16)12-13)18-9-3-4-10-18/h6-7,12,17H,2-5,8-11H2,1H3. The monoisotopic (exact) mass is 282 g/mol. The number of thioether (sulfide) groups is 1. The maximum absolute atomic E-state index is 14.0. The van der Waals surface area contributed by atoms with Gasteiger partial charge in [0.2, 0.25) is 0 Å². The van der Waals surface area contributed by atoms with E-state index in [-0.39, 0.29) is 5.82 Å². The molecule has 0 saturated carbocycles. The van der Waals surface area contributed by atoms with E-state index in [2.05, 4.69) is 16.5 Å². The van der Waals surface area contributed by atoms with Crippen molar-refractivity contribution in [3.8, 4) is 0 Å². The second-order valence-electron chi connectivity index (χ2n) is 4.99. The Labute approximate surface area is 119 Å². The fourth-order valence-electron chi connectivity index (χ4n) is 2.44. The van der Waals surface area contributed by atoms with E-state index in [9.17, 15) is 4.39 Å².